The fourth-order valence-corrected chi connectivity index (χ4v) is 3.25. The Morgan fingerprint density at radius 3 is 2.72 bits per heavy atom. The maximum atomic E-state index is 11.9. The van der Waals surface area contributed by atoms with E-state index < -0.39 is 0 Å². The molecule has 0 saturated carbocycles. The molecule has 25 heavy (non-hydrogen) atoms. The van der Waals surface area contributed by atoms with Crippen LogP contribution in [0.4, 0.5) is 0 Å². The van der Waals surface area contributed by atoms with Crippen LogP contribution in [-0.4, -0.2) is 99.7 Å². The van der Waals surface area contributed by atoms with E-state index in [4.69, 9.17) is 4.74 Å². The highest BCUT2D eigenvalue weighted by molar-refractivity contribution is 5.85. The van der Waals surface area contributed by atoms with Crippen LogP contribution in [0.2, 0.25) is 0 Å². The van der Waals surface area contributed by atoms with Gasteiger partial charge in [-0.05, 0) is 18.8 Å². The number of likely N-dealkylation sites (tertiary alicyclic amines) is 1. The second-order valence-electron chi connectivity index (χ2n) is 7.22. The van der Waals surface area contributed by atoms with Crippen LogP contribution in [0.1, 0.15) is 26.2 Å². The molecule has 2 saturated heterocycles. The van der Waals surface area contributed by atoms with E-state index in [-0.39, 0.29) is 12.5 Å². The molecule has 144 valence electrons. The first kappa shape index (κ1) is 20.0. The van der Waals surface area contributed by atoms with Crippen LogP contribution in [0.3, 0.4) is 0 Å². The summed E-state index contributed by atoms with van der Waals surface area (Å²) in [4.78, 5) is 22.9. The molecule has 1 amide bonds. The summed E-state index contributed by atoms with van der Waals surface area (Å²) in [6.45, 7) is 10.3. The smallest absolute Gasteiger partial charge is 0.243 e. The number of nitrogens with zero attached hydrogens (tertiary/aromatic N) is 4. The number of aliphatic imine (C=N–C) groups is 1. The zero-order valence-electron chi connectivity index (χ0n) is 16.2. The third kappa shape index (κ3) is 6.82. The van der Waals surface area contributed by atoms with Crippen molar-refractivity contribution in [1.82, 2.24) is 20.0 Å². The Balaban J connectivity index is 1.87. The molecule has 1 N–H and O–H groups in total. The fourth-order valence-electron chi connectivity index (χ4n) is 3.25. The van der Waals surface area contributed by atoms with Gasteiger partial charge in [0.1, 0.15) is 6.54 Å². The monoisotopic (exact) mass is 353 g/mol. The molecule has 7 nitrogen and oxygen atoms in total. The molecule has 0 aromatic carbocycles. The number of hydrogen-bond acceptors (Lipinski definition) is 4. The highest BCUT2D eigenvalue weighted by Gasteiger charge is 2.27. The van der Waals surface area contributed by atoms with Crippen molar-refractivity contribution < 1.29 is 9.53 Å². The number of nitrogens with one attached hydrogen (secondary N) is 1. The lowest BCUT2D eigenvalue weighted by Crippen LogP contribution is -2.43. The van der Waals surface area contributed by atoms with Crippen LogP contribution in [0.25, 0.3) is 0 Å². The number of hydrogen-bond donors (Lipinski definition) is 1. The van der Waals surface area contributed by atoms with Crippen molar-refractivity contribution in [3.63, 3.8) is 0 Å². The van der Waals surface area contributed by atoms with Crippen LogP contribution in [0.15, 0.2) is 4.99 Å². The summed E-state index contributed by atoms with van der Waals surface area (Å²) in [5.41, 5.74) is 0. The standard InChI is InChI=1S/C18H35N5O2/c1-4-5-7-19-18(20-13-17(24)21(2)3)23-8-6-16(15-23)14-22-9-11-25-12-10-22/h16H,4-15H2,1-3H3,(H,19,20). The summed E-state index contributed by atoms with van der Waals surface area (Å²) >= 11 is 0. The van der Waals surface area contributed by atoms with Gasteiger partial charge in [0.2, 0.25) is 5.91 Å². The van der Waals surface area contributed by atoms with Crippen molar-refractivity contribution in [2.24, 2.45) is 10.9 Å². The first-order valence-electron chi connectivity index (χ1n) is 9.63. The van der Waals surface area contributed by atoms with Crippen molar-refractivity contribution in [2.45, 2.75) is 26.2 Å². The Bertz CT molecular complexity index is 435. The minimum atomic E-state index is 0.0406. The fraction of sp³-hybridized carbons (Fsp3) is 0.889. The molecule has 0 aliphatic carbocycles. The van der Waals surface area contributed by atoms with Crippen molar-refractivity contribution in [1.29, 1.82) is 0 Å². The Morgan fingerprint density at radius 2 is 2.04 bits per heavy atom. The normalized spacial score (nSPS) is 22.3. The molecular weight excluding hydrogens is 318 g/mol. The minimum Gasteiger partial charge on any atom is -0.379 e. The number of amides is 1. The molecular formula is C18H35N5O2. The molecule has 2 fully saturated rings. The van der Waals surface area contributed by atoms with Crippen molar-refractivity contribution >= 4 is 11.9 Å². The van der Waals surface area contributed by atoms with Crippen LogP contribution in [-0.2, 0) is 9.53 Å². The molecule has 0 spiro atoms. The average Bonchev–Trinajstić information content (AvgIpc) is 3.06. The van der Waals surface area contributed by atoms with Gasteiger partial charge < -0.3 is 19.9 Å². The number of carbonyl (C=O) groups excluding carboxylic acids is 1. The Hall–Kier alpha value is -1.34. The molecule has 2 heterocycles. The van der Waals surface area contributed by atoms with Gasteiger partial charge in [0, 0.05) is 53.4 Å². The van der Waals surface area contributed by atoms with Gasteiger partial charge in [0.15, 0.2) is 5.96 Å². The first-order valence-corrected chi connectivity index (χ1v) is 9.63. The van der Waals surface area contributed by atoms with Crippen molar-refractivity contribution in [3.8, 4) is 0 Å². The third-order valence-corrected chi connectivity index (χ3v) is 4.88. The van der Waals surface area contributed by atoms with Gasteiger partial charge in [0.25, 0.3) is 0 Å². The number of ether oxygens (including phenoxy) is 1. The molecule has 2 rings (SSSR count). The summed E-state index contributed by atoms with van der Waals surface area (Å²) in [6.07, 6.45) is 3.45. The second-order valence-corrected chi connectivity index (χ2v) is 7.22. The number of morpholine rings is 1. The van der Waals surface area contributed by atoms with Gasteiger partial charge in [0.05, 0.1) is 13.2 Å². The van der Waals surface area contributed by atoms with Crippen LogP contribution >= 0.6 is 0 Å². The Kier molecular flexibility index (Phi) is 8.48. The van der Waals surface area contributed by atoms with Gasteiger partial charge in [-0.15, -0.1) is 0 Å². The van der Waals surface area contributed by atoms with E-state index in [2.05, 4.69) is 27.0 Å². The van der Waals surface area contributed by atoms with Gasteiger partial charge in [-0.3, -0.25) is 9.69 Å². The summed E-state index contributed by atoms with van der Waals surface area (Å²) in [7, 11) is 3.55. The first-order chi connectivity index (χ1) is 12.1. The summed E-state index contributed by atoms with van der Waals surface area (Å²) in [6, 6.07) is 0. The second kappa shape index (κ2) is 10.6. The molecule has 0 aromatic heterocycles. The summed E-state index contributed by atoms with van der Waals surface area (Å²) < 4.78 is 5.43. The van der Waals surface area contributed by atoms with Gasteiger partial charge in [-0.25, -0.2) is 4.99 Å². The maximum absolute atomic E-state index is 11.9. The van der Waals surface area contributed by atoms with Crippen LogP contribution in [0.5, 0.6) is 0 Å². The molecule has 7 heteroatoms. The number of likely N-dealkylation sites (N-methyl/N-ethyl adjacent to an activating group) is 1. The average molecular weight is 354 g/mol. The lowest BCUT2D eigenvalue weighted by atomic mass is 10.1. The molecule has 0 radical (unpaired) electrons. The third-order valence-electron chi connectivity index (χ3n) is 4.88. The van der Waals surface area contributed by atoms with E-state index in [1.54, 1.807) is 19.0 Å². The number of guanidine groups is 1. The van der Waals surface area contributed by atoms with Crippen molar-refractivity contribution in [2.75, 3.05) is 73.1 Å². The zero-order chi connectivity index (χ0) is 18.1. The van der Waals surface area contributed by atoms with Crippen LogP contribution < -0.4 is 5.32 Å². The Labute approximate surface area is 152 Å². The molecule has 1 atom stereocenters. The topological polar surface area (TPSA) is 60.4 Å². The Morgan fingerprint density at radius 1 is 1.28 bits per heavy atom. The molecule has 0 bridgehead atoms. The van der Waals surface area contributed by atoms with E-state index in [9.17, 15) is 4.79 Å². The molecule has 2 aliphatic rings. The van der Waals surface area contributed by atoms with Gasteiger partial charge >= 0.3 is 0 Å². The van der Waals surface area contributed by atoms with Gasteiger partial charge in [-0.1, -0.05) is 13.3 Å². The quantitative estimate of drug-likeness (QED) is 0.410. The predicted molar refractivity (Wildman–Crippen MR) is 101 cm³/mol. The van der Waals surface area contributed by atoms with Crippen molar-refractivity contribution in [3.05, 3.63) is 0 Å². The molecule has 0 aromatic rings. The maximum Gasteiger partial charge on any atom is 0.243 e. The lowest BCUT2D eigenvalue weighted by molar-refractivity contribution is -0.127. The zero-order valence-corrected chi connectivity index (χ0v) is 16.2. The van der Waals surface area contributed by atoms with E-state index >= 15 is 0 Å². The van der Waals surface area contributed by atoms with Gasteiger partial charge in [-0.2, -0.15) is 0 Å². The minimum absolute atomic E-state index is 0.0406. The van der Waals surface area contributed by atoms with E-state index in [0.717, 1.165) is 71.3 Å². The molecule has 2 aliphatic heterocycles. The summed E-state index contributed by atoms with van der Waals surface area (Å²) in [5, 5.41) is 3.45. The highest BCUT2D eigenvalue weighted by atomic mass is 16.5. The lowest BCUT2D eigenvalue weighted by Gasteiger charge is -2.29. The van der Waals surface area contributed by atoms with E-state index in [0.29, 0.717) is 5.92 Å². The SMILES string of the molecule is CCCCNC(=NCC(=O)N(C)C)N1CCC(CN2CCOCC2)C1. The largest absolute Gasteiger partial charge is 0.379 e. The van der Waals surface area contributed by atoms with Crippen LogP contribution in [0, 0.1) is 5.92 Å². The molecule has 1 unspecified atom stereocenters. The highest BCUT2D eigenvalue weighted by Crippen LogP contribution is 2.18. The predicted octanol–water partition coefficient (Wildman–Crippen LogP) is 0.474. The number of carbonyl (C=O) groups is 1. The van der Waals surface area contributed by atoms with E-state index in [1.807, 2.05) is 0 Å². The summed E-state index contributed by atoms with van der Waals surface area (Å²) in [5.74, 6) is 1.60. The number of rotatable bonds is 7. The number of unbranched alkanes of at least 4 members (excludes halogenated alkanes) is 1. The van der Waals surface area contributed by atoms with E-state index in [1.165, 1.54) is 6.42 Å².